The van der Waals surface area contributed by atoms with Crippen LogP contribution in [-0.4, -0.2) is 46.3 Å². The number of ether oxygens (including phenoxy) is 1. The van der Waals surface area contributed by atoms with E-state index in [0.717, 1.165) is 28.9 Å². The monoisotopic (exact) mass is 550 g/mol. The summed E-state index contributed by atoms with van der Waals surface area (Å²) in [6.45, 7) is 2.04. The number of nitrogens with zero attached hydrogens (tertiary/aromatic N) is 2. The topological polar surface area (TPSA) is 130 Å². The summed E-state index contributed by atoms with van der Waals surface area (Å²) in [5.41, 5.74) is 3.27. The van der Waals surface area contributed by atoms with Crippen LogP contribution in [-0.2, 0) is 14.3 Å². The normalized spacial score (nSPS) is 24.5. The first-order chi connectivity index (χ1) is 19.2. The SMILES string of the molecule is CCC/C(=C\c1ccc(O)c(F)c1)CC[C@H]1OC[C@H]2C1=C(CO)C[C@H]1C(=O)N(c3cccc([N+](=O)[O-])c3)C(=O)[C@H]12. The van der Waals surface area contributed by atoms with Crippen molar-refractivity contribution in [1.29, 1.82) is 0 Å². The Morgan fingerprint density at radius 1 is 1.18 bits per heavy atom. The van der Waals surface area contributed by atoms with Gasteiger partial charge in [0.2, 0.25) is 11.8 Å². The Morgan fingerprint density at radius 3 is 2.67 bits per heavy atom. The molecule has 0 spiro atoms. The Kier molecular flexibility index (Phi) is 7.82. The zero-order valence-electron chi connectivity index (χ0n) is 22.1. The van der Waals surface area contributed by atoms with Crippen molar-refractivity contribution in [3.8, 4) is 5.75 Å². The molecule has 2 aromatic rings. The fourth-order valence-electron chi connectivity index (χ4n) is 6.37. The summed E-state index contributed by atoms with van der Waals surface area (Å²) >= 11 is 0. The van der Waals surface area contributed by atoms with E-state index in [2.05, 4.69) is 6.92 Å². The van der Waals surface area contributed by atoms with Crippen LogP contribution < -0.4 is 4.90 Å². The number of carbonyl (C=O) groups is 2. The molecule has 2 amide bonds. The minimum absolute atomic E-state index is 0.168. The number of fused-ring (bicyclic) bond motifs is 3. The molecule has 5 rings (SSSR count). The smallest absolute Gasteiger partial charge is 0.271 e. The fourth-order valence-corrected chi connectivity index (χ4v) is 6.37. The van der Waals surface area contributed by atoms with Gasteiger partial charge in [-0.05, 0) is 60.6 Å². The maximum absolute atomic E-state index is 13.9. The summed E-state index contributed by atoms with van der Waals surface area (Å²) in [7, 11) is 0. The van der Waals surface area contributed by atoms with Crippen molar-refractivity contribution >= 4 is 29.3 Å². The van der Waals surface area contributed by atoms with Gasteiger partial charge in [0, 0.05) is 18.1 Å². The third-order valence-electron chi connectivity index (χ3n) is 8.14. The summed E-state index contributed by atoms with van der Waals surface area (Å²) in [6, 6.07) is 9.75. The van der Waals surface area contributed by atoms with Crippen LogP contribution >= 0.6 is 0 Å². The van der Waals surface area contributed by atoms with Gasteiger partial charge in [0.1, 0.15) is 0 Å². The van der Waals surface area contributed by atoms with Gasteiger partial charge < -0.3 is 14.9 Å². The van der Waals surface area contributed by atoms with E-state index in [-0.39, 0.29) is 43.0 Å². The number of phenols is 1. The van der Waals surface area contributed by atoms with Crippen LogP contribution in [0.15, 0.2) is 59.2 Å². The molecule has 2 N–H and O–H groups in total. The predicted octanol–water partition coefficient (Wildman–Crippen LogP) is 4.92. The fraction of sp³-hybridized carbons (Fsp3) is 0.400. The number of benzene rings is 2. The van der Waals surface area contributed by atoms with E-state index in [0.29, 0.717) is 24.0 Å². The van der Waals surface area contributed by atoms with E-state index >= 15 is 0 Å². The summed E-state index contributed by atoms with van der Waals surface area (Å²) in [5.74, 6) is -3.59. The number of hydrogen-bond donors (Lipinski definition) is 2. The maximum Gasteiger partial charge on any atom is 0.271 e. The van der Waals surface area contributed by atoms with E-state index in [1.807, 2.05) is 6.08 Å². The van der Waals surface area contributed by atoms with Crippen molar-refractivity contribution in [2.24, 2.45) is 17.8 Å². The number of imide groups is 1. The summed E-state index contributed by atoms with van der Waals surface area (Å²) in [5, 5.41) is 31.0. The molecular weight excluding hydrogens is 519 g/mol. The summed E-state index contributed by atoms with van der Waals surface area (Å²) < 4.78 is 20.0. The van der Waals surface area contributed by atoms with Crippen molar-refractivity contribution in [3.63, 3.8) is 0 Å². The number of non-ortho nitro benzene ring substituents is 1. The van der Waals surface area contributed by atoms with Crippen molar-refractivity contribution < 1.29 is 33.9 Å². The highest BCUT2D eigenvalue weighted by Crippen LogP contribution is 2.50. The second kappa shape index (κ2) is 11.3. The molecule has 40 heavy (non-hydrogen) atoms. The van der Waals surface area contributed by atoms with Crippen molar-refractivity contribution in [1.82, 2.24) is 0 Å². The second-order valence-corrected chi connectivity index (χ2v) is 10.6. The number of halogens is 1. The number of aliphatic hydroxyl groups excluding tert-OH is 1. The van der Waals surface area contributed by atoms with Crippen molar-refractivity contribution in [2.45, 2.75) is 45.1 Å². The number of phenolic OH excluding ortho intramolecular Hbond substituents is 1. The van der Waals surface area contributed by atoms with Crippen LogP contribution in [0, 0.1) is 33.7 Å². The lowest BCUT2D eigenvalue weighted by molar-refractivity contribution is -0.384. The number of hydrogen-bond acceptors (Lipinski definition) is 7. The molecule has 0 saturated carbocycles. The van der Waals surface area contributed by atoms with Crippen LogP contribution in [0.25, 0.3) is 6.08 Å². The molecule has 1 aliphatic carbocycles. The second-order valence-electron chi connectivity index (χ2n) is 10.6. The van der Waals surface area contributed by atoms with Crippen LogP contribution in [0.4, 0.5) is 15.8 Å². The average Bonchev–Trinajstić information content (AvgIpc) is 3.47. The number of carbonyl (C=O) groups excluding carboxylic acids is 2. The molecule has 2 fully saturated rings. The molecular formula is C30H31FN2O7. The van der Waals surface area contributed by atoms with E-state index in [1.165, 1.54) is 36.4 Å². The summed E-state index contributed by atoms with van der Waals surface area (Å²) in [6.07, 6.45) is 4.73. The molecule has 210 valence electrons. The lowest BCUT2D eigenvalue weighted by Gasteiger charge is -2.31. The number of rotatable bonds is 9. The van der Waals surface area contributed by atoms with Gasteiger partial charge in [-0.15, -0.1) is 0 Å². The Morgan fingerprint density at radius 2 is 1.98 bits per heavy atom. The van der Waals surface area contributed by atoms with Crippen molar-refractivity contribution in [2.75, 3.05) is 18.1 Å². The van der Waals surface area contributed by atoms with E-state index in [9.17, 15) is 34.3 Å². The van der Waals surface area contributed by atoms with E-state index in [4.69, 9.17) is 4.74 Å². The molecule has 0 radical (unpaired) electrons. The quantitative estimate of drug-likeness (QED) is 0.196. The molecule has 2 aliphatic heterocycles. The average molecular weight is 551 g/mol. The number of aromatic hydroxyl groups is 1. The minimum Gasteiger partial charge on any atom is -0.505 e. The number of anilines is 1. The van der Waals surface area contributed by atoms with Crippen molar-refractivity contribution in [3.05, 3.63) is 80.7 Å². The summed E-state index contributed by atoms with van der Waals surface area (Å²) in [4.78, 5) is 38.8. The number of aliphatic hydroxyl groups is 1. The van der Waals surface area contributed by atoms with Crippen LogP contribution in [0.5, 0.6) is 5.75 Å². The largest absolute Gasteiger partial charge is 0.505 e. The van der Waals surface area contributed by atoms with Gasteiger partial charge in [-0.3, -0.25) is 19.7 Å². The lowest BCUT2D eigenvalue weighted by Crippen LogP contribution is -2.35. The first kappa shape index (κ1) is 27.7. The van der Waals surface area contributed by atoms with Crippen LogP contribution in [0.3, 0.4) is 0 Å². The highest BCUT2D eigenvalue weighted by atomic mass is 19.1. The third-order valence-corrected chi connectivity index (χ3v) is 8.14. The zero-order valence-corrected chi connectivity index (χ0v) is 22.1. The number of nitro benzene ring substituents is 1. The van der Waals surface area contributed by atoms with E-state index < -0.39 is 40.1 Å². The molecule has 2 aromatic carbocycles. The maximum atomic E-state index is 13.9. The van der Waals surface area contributed by atoms with Gasteiger partial charge in [0.15, 0.2) is 11.6 Å². The van der Waals surface area contributed by atoms with Crippen LogP contribution in [0.1, 0.15) is 44.6 Å². The zero-order chi connectivity index (χ0) is 28.6. The standard InChI is InChI=1S/C30H31FN2O7/c1-2-4-17(11-18-7-9-25(35)24(31)12-18)8-10-26-27-19(15-34)13-22-28(23(27)16-40-26)30(37)32(29(22)36)20-5-3-6-21(14-20)33(38)39/h3,5-7,9,11-12,14,22-23,26,28,34-35H,2,4,8,10,13,15-16H2,1H3/b17-11+/t22-,23+,26-,28-/m1/s1. The molecule has 4 atom stereocenters. The Hall–Kier alpha value is -3.89. The highest BCUT2D eigenvalue weighted by molar-refractivity contribution is 6.22. The molecule has 2 saturated heterocycles. The molecule has 3 aliphatic rings. The number of amides is 2. The molecule has 0 bridgehead atoms. The molecule has 9 nitrogen and oxygen atoms in total. The van der Waals surface area contributed by atoms with Gasteiger partial charge in [-0.1, -0.05) is 37.1 Å². The van der Waals surface area contributed by atoms with E-state index in [1.54, 1.807) is 6.07 Å². The Bertz CT molecular complexity index is 1420. The molecule has 0 aromatic heterocycles. The molecule has 2 heterocycles. The van der Waals surface area contributed by atoms with Gasteiger partial charge >= 0.3 is 0 Å². The Labute approximate surface area is 230 Å². The first-order valence-electron chi connectivity index (χ1n) is 13.5. The first-order valence-corrected chi connectivity index (χ1v) is 13.5. The highest BCUT2D eigenvalue weighted by Gasteiger charge is 2.57. The van der Waals surface area contributed by atoms with Crippen LogP contribution in [0.2, 0.25) is 0 Å². The van der Waals surface area contributed by atoms with Gasteiger partial charge in [-0.25, -0.2) is 9.29 Å². The Balaban J connectivity index is 1.37. The number of nitro groups is 1. The molecule has 0 unspecified atom stereocenters. The molecule has 10 heteroatoms. The number of allylic oxidation sites excluding steroid dienone is 1. The predicted molar refractivity (Wildman–Crippen MR) is 145 cm³/mol. The van der Waals surface area contributed by atoms with Gasteiger partial charge in [-0.2, -0.15) is 0 Å². The third kappa shape index (κ3) is 5.04. The lowest BCUT2D eigenvalue weighted by atomic mass is 9.69. The minimum atomic E-state index is -0.684. The van der Waals surface area contributed by atoms with Gasteiger partial charge in [0.25, 0.3) is 5.69 Å². The van der Waals surface area contributed by atoms with Gasteiger partial charge in [0.05, 0.1) is 41.8 Å².